The SMILES string of the molecule is CNC(C)CNC(=O)C1CCCN(C(=O)N2CCc3sccc3C2)C1.Cl. The van der Waals surface area contributed by atoms with Crippen LogP contribution in [-0.2, 0) is 17.8 Å². The Bertz CT molecular complexity index is 624. The van der Waals surface area contributed by atoms with Crippen LogP contribution in [0.25, 0.3) is 0 Å². The molecule has 0 aliphatic carbocycles. The summed E-state index contributed by atoms with van der Waals surface area (Å²) in [7, 11) is 1.88. The monoisotopic (exact) mass is 400 g/mol. The van der Waals surface area contributed by atoms with Gasteiger partial charge in [-0.05, 0) is 50.2 Å². The first-order valence-corrected chi connectivity index (χ1v) is 10.0. The van der Waals surface area contributed by atoms with Crippen LogP contribution in [0.2, 0.25) is 0 Å². The molecule has 1 fully saturated rings. The molecule has 0 spiro atoms. The Kier molecular flexibility index (Phi) is 7.73. The second-order valence-corrected chi connectivity index (χ2v) is 8.04. The second kappa shape index (κ2) is 9.58. The summed E-state index contributed by atoms with van der Waals surface area (Å²) in [5.41, 5.74) is 1.27. The third kappa shape index (κ3) is 4.90. The van der Waals surface area contributed by atoms with Gasteiger partial charge in [-0.2, -0.15) is 0 Å². The number of likely N-dealkylation sites (tertiary alicyclic amines) is 1. The smallest absolute Gasteiger partial charge is 0.320 e. The van der Waals surface area contributed by atoms with Crippen LogP contribution < -0.4 is 10.6 Å². The second-order valence-electron chi connectivity index (χ2n) is 7.04. The average Bonchev–Trinajstić information content (AvgIpc) is 3.13. The van der Waals surface area contributed by atoms with E-state index in [-0.39, 0.29) is 36.3 Å². The maximum Gasteiger partial charge on any atom is 0.320 e. The van der Waals surface area contributed by atoms with Crippen molar-refractivity contribution in [3.63, 3.8) is 0 Å². The summed E-state index contributed by atoms with van der Waals surface area (Å²) >= 11 is 1.78. The van der Waals surface area contributed by atoms with Gasteiger partial charge in [-0.15, -0.1) is 23.7 Å². The number of hydrogen-bond acceptors (Lipinski definition) is 4. The van der Waals surface area contributed by atoms with Gasteiger partial charge in [-0.1, -0.05) is 0 Å². The number of piperidine rings is 1. The molecule has 1 saturated heterocycles. The number of nitrogens with one attached hydrogen (secondary N) is 2. The number of rotatable bonds is 4. The Balaban J connectivity index is 0.00000243. The number of amides is 3. The highest BCUT2D eigenvalue weighted by Gasteiger charge is 2.32. The Morgan fingerprint density at radius 3 is 2.92 bits per heavy atom. The molecular formula is C18H29ClN4O2S. The van der Waals surface area contributed by atoms with E-state index < -0.39 is 0 Å². The number of carbonyl (C=O) groups is 2. The lowest BCUT2D eigenvalue weighted by atomic mass is 9.97. The third-order valence-electron chi connectivity index (χ3n) is 5.22. The van der Waals surface area contributed by atoms with Crippen molar-refractivity contribution in [2.75, 3.05) is 33.2 Å². The van der Waals surface area contributed by atoms with Gasteiger partial charge in [0, 0.05) is 43.6 Å². The molecule has 26 heavy (non-hydrogen) atoms. The maximum atomic E-state index is 12.9. The van der Waals surface area contributed by atoms with Gasteiger partial charge in [0.15, 0.2) is 0 Å². The first-order chi connectivity index (χ1) is 12.1. The summed E-state index contributed by atoms with van der Waals surface area (Å²) in [6.45, 7) is 5.41. The highest BCUT2D eigenvalue weighted by molar-refractivity contribution is 7.10. The zero-order chi connectivity index (χ0) is 17.8. The number of thiophene rings is 1. The molecule has 2 aliphatic rings. The molecule has 2 atom stereocenters. The fourth-order valence-electron chi connectivity index (χ4n) is 3.48. The van der Waals surface area contributed by atoms with E-state index in [2.05, 4.69) is 22.1 Å². The van der Waals surface area contributed by atoms with E-state index in [0.717, 1.165) is 32.4 Å². The van der Waals surface area contributed by atoms with Gasteiger partial charge in [-0.25, -0.2) is 4.79 Å². The summed E-state index contributed by atoms with van der Waals surface area (Å²) in [5.74, 6) is -0.0263. The predicted molar refractivity (Wildman–Crippen MR) is 107 cm³/mol. The van der Waals surface area contributed by atoms with Gasteiger partial charge in [0.2, 0.25) is 5.91 Å². The highest BCUT2D eigenvalue weighted by Crippen LogP contribution is 2.26. The molecule has 2 unspecified atom stereocenters. The number of hydrogen-bond donors (Lipinski definition) is 2. The van der Waals surface area contributed by atoms with Gasteiger partial charge in [0.05, 0.1) is 5.92 Å². The lowest BCUT2D eigenvalue weighted by Gasteiger charge is -2.37. The Hall–Kier alpha value is -1.31. The van der Waals surface area contributed by atoms with Crippen LogP contribution in [-0.4, -0.2) is 61.0 Å². The molecule has 1 aromatic heterocycles. The number of fused-ring (bicyclic) bond motifs is 1. The molecule has 0 aromatic carbocycles. The summed E-state index contributed by atoms with van der Waals surface area (Å²) in [4.78, 5) is 30.5. The minimum Gasteiger partial charge on any atom is -0.354 e. The van der Waals surface area contributed by atoms with Gasteiger partial charge in [0.25, 0.3) is 0 Å². The average molecular weight is 401 g/mol. The molecule has 1 aromatic rings. The maximum absolute atomic E-state index is 12.9. The molecule has 0 radical (unpaired) electrons. The summed E-state index contributed by atoms with van der Waals surface area (Å²) in [5, 5.41) is 8.22. The summed E-state index contributed by atoms with van der Waals surface area (Å²) in [6, 6.07) is 2.45. The van der Waals surface area contributed by atoms with E-state index in [1.807, 2.05) is 23.8 Å². The molecule has 6 nitrogen and oxygen atoms in total. The van der Waals surface area contributed by atoms with Gasteiger partial charge in [0.1, 0.15) is 0 Å². The minimum absolute atomic E-state index is 0. The summed E-state index contributed by atoms with van der Waals surface area (Å²) < 4.78 is 0. The molecule has 3 heterocycles. The Morgan fingerprint density at radius 1 is 1.35 bits per heavy atom. The van der Waals surface area contributed by atoms with E-state index in [0.29, 0.717) is 19.6 Å². The first kappa shape index (κ1) is 21.0. The fourth-order valence-corrected chi connectivity index (χ4v) is 4.37. The lowest BCUT2D eigenvalue weighted by molar-refractivity contribution is -0.126. The molecular weight excluding hydrogens is 372 g/mol. The zero-order valence-corrected chi connectivity index (χ0v) is 17.1. The van der Waals surface area contributed by atoms with E-state index in [9.17, 15) is 9.59 Å². The number of urea groups is 1. The molecule has 2 aliphatic heterocycles. The van der Waals surface area contributed by atoms with Crippen molar-refractivity contribution in [1.29, 1.82) is 0 Å². The molecule has 0 bridgehead atoms. The van der Waals surface area contributed by atoms with Crippen LogP contribution in [0, 0.1) is 5.92 Å². The van der Waals surface area contributed by atoms with Crippen LogP contribution in [0.5, 0.6) is 0 Å². The van der Waals surface area contributed by atoms with Crippen molar-refractivity contribution in [1.82, 2.24) is 20.4 Å². The van der Waals surface area contributed by atoms with Crippen molar-refractivity contribution < 1.29 is 9.59 Å². The number of likely N-dealkylation sites (N-methyl/N-ethyl adjacent to an activating group) is 1. The van der Waals surface area contributed by atoms with Crippen molar-refractivity contribution in [2.24, 2.45) is 5.92 Å². The molecule has 146 valence electrons. The lowest BCUT2D eigenvalue weighted by Crippen LogP contribution is -2.51. The minimum atomic E-state index is -0.0942. The van der Waals surface area contributed by atoms with Crippen molar-refractivity contribution >= 4 is 35.7 Å². The third-order valence-corrected chi connectivity index (χ3v) is 6.24. The van der Waals surface area contributed by atoms with Crippen LogP contribution in [0.15, 0.2) is 11.4 Å². The highest BCUT2D eigenvalue weighted by atomic mass is 35.5. The zero-order valence-electron chi connectivity index (χ0n) is 15.5. The summed E-state index contributed by atoms with van der Waals surface area (Å²) in [6.07, 6.45) is 2.69. The van der Waals surface area contributed by atoms with Gasteiger partial charge in [-0.3, -0.25) is 4.79 Å². The van der Waals surface area contributed by atoms with Crippen LogP contribution in [0.1, 0.15) is 30.2 Å². The van der Waals surface area contributed by atoms with Crippen LogP contribution >= 0.6 is 23.7 Å². The molecule has 0 saturated carbocycles. The fraction of sp³-hybridized carbons (Fsp3) is 0.667. The van der Waals surface area contributed by atoms with E-state index in [1.165, 1.54) is 10.4 Å². The largest absolute Gasteiger partial charge is 0.354 e. The van der Waals surface area contributed by atoms with Gasteiger partial charge >= 0.3 is 6.03 Å². The van der Waals surface area contributed by atoms with Gasteiger partial charge < -0.3 is 20.4 Å². The standard InChI is InChI=1S/C18H28N4O2S.ClH/c1-13(19-2)10-20-17(23)15-4-3-7-21(12-15)18(24)22-8-5-16-14(11-22)6-9-25-16;/h6,9,13,15,19H,3-5,7-8,10-12H2,1-2H3,(H,20,23);1H. The van der Waals surface area contributed by atoms with Crippen LogP contribution in [0.3, 0.4) is 0 Å². The Morgan fingerprint density at radius 2 is 2.15 bits per heavy atom. The predicted octanol–water partition coefficient (Wildman–Crippen LogP) is 2.08. The first-order valence-electron chi connectivity index (χ1n) is 9.12. The normalized spacial score (nSPS) is 20.8. The van der Waals surface area contributed by atoms with E-state index in [4.69, 9.17) is 0 Å². The Labute approximate surface area is 165 Å². The number of nitrogens with zero attached hydrogens (tertiary/aromatic N) is 2. The van der Waals surface area contributed by atoms with E-state index >= 15 is 0 Å². The van der Waals surface area contributed by atoms with Crippen molar-refractivity contribution in [3.05, 3.63) is 21.9 Å². The topological polar surface area (TPSA) is 64.7 Å². The van der Waals surface area contributed by atoms with Crippen molar-refractivity contribution in [2.45, 2.75) is 38.8 Å². The number of halogens is 1. The van der Waals surface area contributed by atoms with Crippen LogP contribution in [0.4, 0.5) is 4.79 Å². The van der Waals surface area contributed by atoms with Crippen molar-refractivity contribution in [3.8, 4) is 0 Å². The quantitative estimate of drug-likeness (QED) is 0.813. The van der Waals surface area contributed by atoms with E-state index in [1.54, 1.807) is 11.3 Å². The molecule has 3 amide bonds. The molecule has 3 rings (SSSR count). The number of carbonyl (C=O) groups excluding carboxylic acids is 2. The molecule has 8 heteroatoms. The molecule has 2 N–H and O–H groups in total.